The van der Waals surface area contributed by atoms with E-state index < -0.39 is 0 Å². The summed E-state index contributed by atoms with van der Waals surface area (Å²) in [4.78, 5) is 13.5. The average Bonchev–Trinajstić information content (AvgIpc) is 2.89. The van der Waals surface area contributed by atoms with E-state index in [1.807, 2.05) is 0 Å². The first kappa shape index (κ1) is 12.8. The van der Waals surface area contributed by atoms with E-state index in [-0.39, 0.29) is 5.91 Å². The molecule has 0 spiro atoms. The van der Waals surface area contributed by atoms with Crippen molar-refractivity contribution < 1.29 is 4.79 Å². The van der Waals surface area contributed by atoms with Gasteiger partial charge in [0.1, 0.15) is 0 Å². The molecule has 0 radical (unpaired) electrons. The highest BCUT2D eigenvalue weighted by Gasteiger charge is 2.35. The molecule has 0 aromatic rings. The molecule has 1 atom stereocenters. The molecule has 4 heteroatoms. The zero-order valence-electron chi connectivity index (χ0n) is 11.1. The molecule has 1 amide bonds. The van der Waals surface area contributed by atoms with E-state index in [1.54, 1.807) is 0 Å². The number of carbonyl (C=O) groups is 1. The van der Waals surface area contributed by atoms with Gasteiger partial charge in [-0.05, 0) is 33.4 Å². The Morgan fingerprint density at radius 1 is 1.41 bits per heavy atom. The van der Waals surface area contributed by atoms with Gasteiger partial charge in [-0.2, -0.15) is 0 Å². The Labute approximate surface area is 104 Å². The van der Waals surface area contributed by atoms with Crippen LogP contribution in [0.25, 0.3) is 0 Å². The first-order valence-corrected chi connectivity index (χ1v) is 6.80. The van der Waals surface area contributed by atoms with Gasteiger partial charge in [-0.25, -0.2) is 0 Å². The summed E-state index contributed by atoms with van der Waals surface area (Å²) < 4.78 is 0. The van der Waals surface area contributed by atoms with Crippen LogP contribution in [0.3, 0.4) is 0 Å². The van der Waals surface area contributed by atoms with Crippen molar-refractivity contribution in [3.63, 3.8) is 0 Å². The zero-order valence-corrected chi connectivity index (χ0v) is 11.1. The van der Waals surface area contributed by atoms with E-state index in [4.69, 9.17) is 0 Å². The zero-order chi connectivity index (χ0) is 12.3. The van der Waals surface area contributed by atoms with Crippen LogP contribution in [0.5, 0.6) is 0 Å². The number of nitrogens with one attached hydrogen (secondary N) is 2. The van der Waals surface area contributed by atoms with E-state index in [0.29, 0.717) is 18.0 Å². The second kappa shape index (κ2) is 5.36. The Balaban J connectivity index is 1.74. The fourth-order valence-corrected chi connectivity index (χ4v) is 3.12. The van der Waals surface area contributed by atoms with Crippen LogP contribution >= 0.6 is 0 Å². The van der Waals surface area contributed by atoms with Crippen molar-refractivity contribution in [3.8, 4) is 0 Å². The van der Waals surface area contributed by atoms with Gasteiger partial charge >= 0.3 is 0 Å². The fourth-order valence-electron chi connectivity index (χ4n) is 3.12. The Bertz CT molecular complexity index is 272. The number of hydrogen-bond donors (Lipinski definition) is 2. The monoisotopic (exact) mass is 239 g/mol. The van der Waals surface area contributed by atoms with Crippen molar-refractivity contribution in [2.45, 2.75) is 50.1 Å². The van der Waals surface area contributed by atoms with Gasteiger partial charge in [0.25, 0.3) is 0 Å². The predicted molar refractivity (Wildman–Crippen MR) is 68.9 cm³/mol. The normalized spacial score (nSPS) is 27.7. The number of likely N-dealkylation sites (N-methyl/N-ethyl adjacent to an activating group) is 1. The lowest BCUT2D eigenvalue weighted by atomic mass is 9.96. The smallest absolute Gasteiger partial charge is 0.220 e. The summed E-state index contributed by atoms with van der Waals surface area (Å²) in [7, 11) is 4.37. The maximum atomic E-state index is 11.1. The van der Waals surface area contributed by atoms with Crippen molar-refractivity contribution >= 4 is 5.91 Å². The number of amides is 1. The minimum atomic E-state index is 0.208. The quantitative estimate of drug-likeness (QED) is 0.743. The van der Waals surface area contributed by atoms with Crippen LogP contribution in [-0.2, 0) is 4.79 Å². The lowest BCUT2D eigenvalue weighted by Gasteiger charge is -2.37. The minimum absolute atomic E-state index is 0.208. The standard InChI is InChI=1S/C13H25N3O/c1-16(2)13(7-3-4-8-13)10-14-9-11-5-6-12(17)15-11/h11,14H,3-10H2,1-2H3,(H,15,17). The Kier molecular flexibility index (Phi) is 4.05. The molecule has 0 bridgehead atoms. The van der Waals surface area contributed by atoms with Gasteiger partial charge in [-0.3, -0.25) is 4.79 Å². The summed E-state index contributed by atoms with van der Waals surface area (Å²) in [5.41, 5.74) is 0.350. The highest BCUT2D eigenvalue weighted by atomic mass is 16.1. The Morgan fingerprint density at radius 3 is 2.65 bits per heavy atom. The van der Waals surface area contributed by atoms with E-state index in [2.05, 4.69) is 29.6 Å². The summed E-state index contributed by atoms with van der Waals surface area (Å²) in [6.07, 6.45) is 6.97. The maximum absolute atomic E-state index is 11.1. The van der Waals surface area contributed by atoms with Gasteiger partial charge in [-0.1, -0.05) is 12.8 Å². The van der Waals surface area contributed by atoms with Crippen LogP contribution in [0.15, 0.2) is 0 Å². The van der Waals surface area contributed by atoms with Crippen molar-refractivity contribution in [2.24, 2.45) is 0 Å². The molecule has 2 fully saturated rings. The van der Waals surface area contributed by atoms with Crippen molar-refractivity contribution in [2.75, 3.05) is 27.2 Å². The average molecular weight is 239 g/mol. The van der Waals surface area contributed by atoms with Crippen molar-refractivity contribution in [1.29, 1.82) is 0 Å². The summed E-state index contributed by atoms with van der Waals surface area (Å²) in [6.45, 7) is 1.97. The van der Waals surface area contributed by atoms with Crippen LogP contribution in [0.4, 0.5) is 0 Å². The Morgan fingerprint density at radius 2 is 2.12 bits per heavy atom. The van der Waals surface area contributed by atoms with Gasteiger partial charge in [0, 0.05) is 31.1 Å². The summed E-state index contributed by atoms with van der Waals surface area (Å²) >= 11 is 0. The van der Waals surface area contributed by atoms with E-state index in [0.717, 1.165) is 19.5 Å². The predicted octanol–water partition coefficient (Wildman–Crippen LogP) is 0.729. The second-order valence-electron chi connectivity index (χ2n) is 5.76. The molecule has 1 saturated carbocycles. The molecule has 2 rings (SSSR count). The van der Waals surface area contributed by atoms with Gasteiger partial charge < -0.3 is 15.5 Å². The number of carbonyl (C=O) groups excluding carboxylic acids is 1. The molecule has 1 heterocycles. The van der Waals surface area contributed by atoms with Gasteiger partial charge in [0.05, 0.1) is 0 Å². The van der Waals surface area contributed by atoms with Gasteiger partial charge in [-0.15, -0.1) is 0 Å². The third-order valence-corrected chi connectivity index (χ3v) is 4.41. The third kappa shape index (κ3) is 2.99. The molecule has 17 heavy (non-hydrogen) atoms. The summed E-state index contributed by atoms with van der Waals surface area (Å²) in [5, 5.41) is 6.56. The fraction of sp³-hybridized carbons (Fsp3) is 0.923. The van der Waals surface area contributed by atoms with E-state index in [1.165, 1.54) is 25.7 Å². The molecule has 1 unspecified atom stereocenters. The van der Waals surface area contributed by atoms with Crippen molar-refractivity contribution in [1.82, 2.24) is 15.5 Å². The molecule has 0 aromatic heterocycles. The third-order valence-electron chi connectivity index (χ3n) is 4.41. The van der Waals surface area contributed by atoms with Gasteiger partial charge in [0.15, 0.2) is 0 Å². The lowest BCUT2D eigenvalue weighted by Crippen LogP contribution is -2.51. The van der Waals surface area contributed by atoms with Gasteiger partial charge in [0.2, 0.25) is 5.91 Å². The number of hydrogen-bond acceptors (Lipinski definition) is 3. The topological polar surface area (TPSA) is 44.4 Å². The molecular weight excluding hydrogens is 214 g/mol. The molecule has 98 valence electrons. The van der Waals surface area contributed by atoms with Crippen LogP contribution < -0.4 is 10.6 Å². The first-order valence-electron chi connectivity index (χ1n) is 6.80. The minimum Gasteiger partial charge on any atom is -0.352 e. The van der Waals surface area contributed by atoms with Crippen LogP contribution in [-0.4, -0.2) is 49.6 Å². The van der Waals surface area contributed by atoms with Crippen LogP contribution in [0, 0.1) is 0 Å². The number of nitrogens with zero attached hydrogens (tertiary/aromatic N) is 1. The number of rotatable bonds is 5. The van der Waals surface area contributed by atoms with Crippen LogP contribution in [0.2, 0.25) is 0 Å². The molecule has 1 saturated heterocycles. The molecule has 1 aliphatic heterocycles. The first-order chi connectivity index (χ1) is 8.12. The second-order valence-corrected chi connectivity index (χ2v) is 5.76. The van der Waals surface area contributed by atoms with Crippen molar-refractivity contribution in [3.05, 3.63) is 0 Å². The highest BCUT2D eigenvalue weighted by Crippen LogP contribution is 2.33. The molecule has 2 aliphatic rings. The molecular formula is C13H25N3O. The van der Waals surface area contributed by atoms with E-state index in [9.17, 15) is 4.79 Å². The largest absolute Gasteiger partial charge is 0.352 e. The van der Waals surface area contributed by atoms with E-state index >= 15 is 0 Å². The SMILES string of the molecule is CN(C)C1(CNCC2CCC(=O)N2)CCCC1. The summed E-state index contributed by atoms with van der Waals surface area (Å²) in [6, 6.07) is 0.350. The molecule has 4 nitrogen and oxygen atoms in total. The maximum Gasteiger partial charge on any atom is 0.220 e. The highest BCUT2D eigenvalue weighted by molar-refractivity contribution is 5.78. The molecule has 1 aliphatic carbocycles. The summed E-state index contributed by atoms with van der Waals surface area (Å²) in [5.74, 6) is 0.208. The van der Waals surface area contributed by atoms with Crippen LogP contribution in [0.1, 0.15) is 38.5 Å². The molecule has 0 aromatic carbocycles. The lowest BCUT2D eigenvalue weighted by molar-refractivity contribution is -0.119. The molecule has 2 N–H and O–H groups in total. The Hall–Kier alpha value is -0.610.